The molecule has 1 aliphatic heterocycles. The van der Waals surface area contributed by atoms with Gasteiger partial charge in [0.2, 0.25) is 11.7 Å². The van der Waals surface area contributed by atoms with Crippen LogP contribution in [0.1, 0.15) is 26.3 Å². The molecule has 0 saturated heterocycles. The number of fused-ring (bicyclic) bond motifs is 1. The normalized spacial score (nSPS) is 16.0. The van der Waals surface area contributed by atoms with Gasteiger partial charge in [0.1, 0.15) is 11.0 Å². The summed E-state index contributed by atoms with van der Waals surface area (Å²) >= 11 is 2.66. The molecule has 0 aliphatic carbocycles. The Hall–Kier alpha value is -4.08. The number of carbonyl (C=O) groups excluding carboxylic acids is 2. The monoisotopic (exact) mass is 498 g/mol. The maximum Gasteiger partial charge on any atom is 0.296 e. The van der Waals surface area contributed by atoms with E-state index in [0.29, 0.717) is 21.1 Å². The summed E-state index contributed by atoms with van der Waals surface area (Å²) in [5, 5.41) is 13.6. The number of aliphatic hydroxyl groups is 1. The molecule has 4 heterocycles. The van der Waals surface area contributed by atoms with Crippen LogP contribution in [0.25, 0.3) is 21.6 Å². The van der Waals surface area contributed by atoms with Gasteiger partial charge in [-0.2, -0.15) is 0 Å². The van der Waals surface area contributed by atoms with Crippen molar-refractivity contribution in [3.63, 3.8) is 0 Å². The van der Waals surface area contributed by atoms with Crippen molar-refractivity contribution in [1.82, 2.24) is 15.0 Å². The summed E-state index contributed by atoms with van der Waals surface area (Å²) in [4.78, 5) is 42.0. The maximum atomic E-state index is 13.9. The Morgan fingerprint density at radius 3 is 2.54 bits per heavy atom. The van der Waals surface area contributed by atoms with Crippen molar-refractivity contribution in [2.45, 2.75) is 13.0 Å². The number of aryl methyl sites for hydroxylation is 1. The van der Waals surface area contributed by atoms with Crippen LogP contribution in [0.4, 0.5) is 5.95 Å². The van der Waals surface area contributed by atoms with Crippen LogP contribution in [-0.2, 0) is 4.79 Å². The number of ketones is 1. The third-order valence-electron chi connectivity index (χ3n) is 5.89. The van der Waals surface area contributed by atoms with E-state index in [9.17, 15) is 14.7 Å². The first kappa shape index (κ1) is 21.5. The Labute approximate surface area is 208 Å². The first-order chi connectivity index (χ1) is 17.0. The van der Waals surface area contributed by atoms with Crippen molar-refractivity contribution in [2.24, 2.45) is 0 Å². The quantitative estimate of drug-likeness (QED) is 0.297. The van der Waals surface area contributed by atoms with Gasteiger partial charge in [0.25, 0.3) is 5.91 Å². The highest BCUT2D eigenvalue weighted by molar-refractivity contribution is 7.17. The number of thiophene rings is 1. The number of para-hydroxylation sites is 2. The van der Waals surface area contributed by atoms with Gasteiger partial charge in [-0.3, -0.25) is 14.5 Å². The summed E-state index contributed by atoms with van der Waals surface area (Å²) in [5.41, 5.74) is 2.93. The van der Waals surface area contributed by atoms with Crippen molar-refractivity contribution in [3.8, 4) is 10.6 Å². The number of nitrogens with zero attached hydrogens (tertiary/aromatic N) is 3. The lowest BCUT2D eigenvalue weighted by Crippen LogP contribution is -2.31. The van der Waals surface area contributed by atoms with E-state index >= 15 is 0 Å². The molecule has 0 bridgehead atoms. The van der Waals surface area contributed by atoms with Gasteiger partial charge in [-0.15, -0.1) is 22.7 Å². The number of anilines is 1. The zero-order valence-electron chi connectivity index (χ0n) is 18.4. The molecular formula is C26H18N4O3S2. The van der Waals surface area contributed by atoms with Crippen molar-refractivity contribution in [2.75, 3.05) is 4.90 Å². The standard InChI is InChI=1S/C26H18N4O3S2/c1-14-23(35-24(27-14)15-8-3-2-4-9-15)21(31)19-20(18-12-7-13-34-18)30(25(33)22(19)32)26-28-16-10-5-6-11-17(16)29-26/h2-13,20,32H,1H3,(H,28,29). The highest BCUT2D eigenvalue weighted by atomic mass is 32.1. The molecule has 0 saturated carbocycles. The fourth-order valence-corrected chi connectivity index (χ4v) is 6.11. The van der Waals surface area contributed by atoms with Crippen molar-refractivity contribution in [1.29, 1.82) is 0 Å². The Bertz CT molecular complexity index is 1580. The predicted octanol–water partition coefficient (Wildman–Crippen LogP) is 5.84. The minimum Gasteiger partial charge on any atom is -0.503 e. The third kappa shape index (κ3) is 3.48. The maximum absolute atomic E-state index is 13.9. The summed E-state index contributed by atoms with van der Waals surface area (Å²) in [6.45, 7) is 1.77. The van der Waals surface area contributed by atoms with Crippen LogP contribution in [0.2, 0.25) is 0 Å². The van der Waals surface area contributed by atoms with E-state index < -0.39 is 23.5 Å². The summed E-state index contributed by atoms with van der Waals surface area (Å²) < 4.78 is 0. The number of H-pyrrole nitrogens is 1. The Morgan fingerprint density at radius 1 is 1.03 bits per heavy atom. The molecule has 3 aromatic heterocycles. The molecule has 1 amide bonds. The van der Waals surface area contributed by atoms with Crippen LogP contribution in [-0.4, -0.2) is 31.7 Å². The third-order valence-corrected chi connectivity index (χ3v) is 8.02. The van der Waals surface area contributed by atoms with Crippen molar-refractivity contribution in [3.05, 3.63) is 98.9 Å². The number of imidazole rings is 1. The second kappa shape index (κ2) is 8.30. The van der Waals surface area contributed by atoms with E-state index in [0.717, 1.165) is 16.0 Å². The lowest BCUT2D eigenvalue weighted by molar-refractivity contribution is -0.117. The number of aliphatic hydroxyl groups excluding tert-OH is 1. The number of benzene rings is 2. The van der Waals surface area contributed by atoms with E-state index in [1.807, 2.05) is 72.1 Å². The first-order valence-corrected chi connectivity index (χ1v) is 12.5. The number of hydrogen-bond acceptors (Lipinski definition) is 7. The van der Waals surface area contributed by atoms with Gasteiger partial charge in [0.15, 0.2) is 5.76 Å². The van der Waals surface area contributed by atoms with Crippen molar-refractivity contribution < 1.29 is 14.7 Å². The minimum absolute atomic E-state index is 0.0317. The summed E-state index contributed by atoms with van der Waals surface area (Å²) in [6, 6.07) is 19.9. The molecule has 0 radical (unpaired) electrons. The van der Waals surface area contributed by atoms with E-state index in [1.165, 1.54) is 27.6 Å². The molecule has 0 spiro atoms. The molecule has 7 nitrogen and oxygen atoms in total. The zero-order valence-corrected chi connectivity index (χ0v) is 20.1. The fourth-order valence-electron chi connectivity index (χ4n) is 4.26. The molecule has 5 aromatic rings. The lowest BCUT2D eigenvalue weighted by Gasteiger charge is -2.23. The molecule has 2 N–H and O–H groups in total. The topological polar surface area (TPSA) is 99.2 Å². The number of nitrogens with one attached hydrogen (secondary N) is 1. The summed E-state index contributed by atoms with van der Waals surface area (Å²) in [6.07, 6.45) is 0. The Morgan fingerprint density at radius 2 is 1.80 bits per heavy atom. The molecule has 1 atom stereocenters. The van der Waals surface area contributed by atoms with Gasteiger partial charge in [0, 0.05) is 10.4 Å². The average Bonchev–Trinajstić information content (AvgIpc) is 3.65. The highest BCUT2D eigenvalue weighted by Gasteiger charge is 2.47. The molecular weight excluding hydrogens is 480 g/mol. The molecule has 6 rings (SSSR count). The molecule has 0 fully saturated rings. The first-order valence-electron chi connectivity index (χ1n) is 10.9. The lowest BCUT2D eigenvalue weighted by atomic mass is 10.0. The Balaban J connectivity index is 1.46. The van der Waals surface area contributed by atoms with Crippen LogP contribution < -0.4 is 4.90 Å². The Kier molecular flexibility index (Phi) is 5.09. The van der Waals surface area contributed by atoms with E-state index in [2.05, 4.69) is 15.0 Å². The zero-order chi connectivity index (χ0) is 24.1. The minimum atomic E-state index is -0.808. The number of thiazole rings is 1. The van der Waals surface area contributed by atoms with Crippen molar-refractivity contribution >= 4 is 51.3 Å². The van der Waals surface area contributed by atoms with Gasteiger partial charge in [-0.1, -0.05) is 48.5 Å². The number of aromatic amines is 1. The van der Waals surface area contributed by atoms with Crippen LogP contribution in [0.5, 0.6) is 0 Å². The van der Waals surface area contributed by atoms with Crippen LogP contribution in [0.3, 0.4) is 0 Å². The van der Waals surface area contributed by atoms with Crippen LogP contribution in [0, 0.1) is 6.92 Å². The van der Waals surface area contributed by atoms with Gasteiger partial charge in [0.05, 0.1) is 27.2 Å². The van der Waals surface area contributed by atoms with Gasteiger partial charge in [-0.05, 0) is 30.5 Å². The predicted molar refractivity (Wildman–Crippen MR) is 137 cm³/mol. The largest absolute Gasteiger partial charge is 0.503 e. The number of amides is 1. The van der Waals surface area contributed by atoms with Gasteiger partial charge < -0.3 is 10.1 Å². The summed E-state index contributed by atoms with van der Waals surface area (Å²) in [7, 11) is 0. The van der Waals surface area contributed by atoms with E-state index in [1.54, 1.807) is 6.92 Å². The second-order valence-corrected chi connectivity index (χ2v) is 10.0. The fraction of sp³-hybridized carbons (Fsp3) is 0.0769. The molecule has 1 aliphatic rings. The molecule has 35 heavy (non-hydrogen) atoms. The van der Waals surface area contributed by atoms with E-state index in [-0.39, 0.29) is 11.5 Å². The number of aromatic nitrogens is 3. The SMILES string of the molecule is Cc1nc(-c2ccccc2)sc1C(=O)C1=C(O)C(=O)N(c2nc3ccccc3[nH]2)C1c1cccs1. The number of rotatable bonds is 5. The average molecular weight is 499 g/mol. The molecule has 2 aromatic carbocycles. The van der Waals surface area contributed by atoms with E-state index in [4.69, 9.17) is 0 Å². The number of carbonyl (C=O) groups is 2. The molecule has 1 unspecified atom stereocenters. The number of hydrogen-bond donors (Lipinski definition) is 2. The second-order valence-electron chi connectivity index (χ2n) is 8.06. The number of Topliss-reactive ketones (excluding diaryl/α,β-unsaturated/α-hetero) is 1. The highest BCUT2D eigenvalue weighted by Crippen LogP contribution is 2.44. The summed E-state index contributed by atoms with van der Waals surface area (Å²) in [5.74, 6) is -1.38. The van der Waals surface area contributed by atoms with Gasteiger partial charge in [-0.25, -0.2) is 9.97 Å². The molecule has 172 valence electrons. The van der Waals surface area contributed by atoms with Gasteiger partial charge >= 0.3 is 0 Å². The smallest absolute Gasteiger partial charge is 0.296 e. The van der Waals surface area contributed by atoms with Crippen LogP contribution >= 0.6 is 22.7 Å². The molecule has 9 heteroatoms. The van der Waals surface area contributed by atoms with Crippen LogP contribution in [0.15, 0.2) is 83.4 Å².